The maximum atomic E-state index is 12.3. The van der Waals surface area contributed by atoms with E-state index >= 15 is 0 Å². The second-order valence-electron chi connectivity index (χ2n) is 5.31. The van der Waals surface area contributed by atoms with Crippen LogP contribution in [0.3, 0.4) is 0 Å². The van der Waals surface area contributed by atoms with Crippen LogP contribution >= 0.6 is 11.3 Å². The average Bonchev–Trinajstić information content (AvgIpc) is 2.80. The molecule has 0 aliphatic carbocycles. The molecule has 120 valence electrons. The smallest absolute Gasteiger partial charge is 0.304 e. The van der Waals surface area contributed by atoms with Gasteiger partial charge in [-0.25, -0.2) is 13.1 Å². The van der Waals surface area contributed by atoms with Gasteiger partial charge in [-0.1, -0.05) is 25.2 Å². The van der Waals surface area contributed by atoms with Gasteiger partial charge in [-0.2, -0.15) is 0 Å². The molecule has 1 heterocycles. The Morgan fingerprint density at radius 3 is 2.48 bits per heavy atom. The number of nitrogens with one attached hydrogen (secondary N) is 2. The third-order valence-electron chi connectivity index (χ3n) is 2.98. The van der Waals surface area contributed by atoms with Crippen LogP contribution in [0.4, 0.5) is 10.7 Å². The number of hydrogen-bond acceptors (Lipinski definition) is 6. The molecule has 0 fully saturated rings. The Hall–Kier alpha value is -1.19. The molecule has 0 spiro atoms. The zero-order valence-electron chi connectivity index (χ0n) is 12.6. The predicted molar refractivity (Wildman–Crippen MR) is 84.4 cm³/mol. The van der Waals surface area contributed by atoms with E-state index in [2.05, 4.69) is 10.0 Å². The van der Waals surface area contributed by atoms with Crippen molar-refractivity contribution in [2.45, 2.75) is 50.3 Å². The van der Waals surface area contributed by atoms with E-state index in [1.165, 1.54) is 0 Å². The Morgan fingerprint density at radius 2 is 2.00 bits per heavy atom. The molecule has 0 bridgehead atoms. The zero-order chi connectivity index (χ0) is 16.3. The SMILES string of the molecule is CCCNc1sc(S(=O)(=O)NC(C)(C)CC)cc1[N+](=O)[O-]. The fourth-order valence-corrected chi connectivity index (χ4v) is 4.32. The second-order valence-corrected chi connectivity index (χ2v) is 8.27. The van der Waals surface area contributed by atoms with Gasteiger partial charge in [-0.3, -0.25) is 10.1 Å². The third kappa shape index (κ3) is 4.65. The van der Waals surface area contributed by atoms with Crippen LogP contribution in [0, 0.1) is 10.1 Å². The number of nitro groups is 1. The van der Waals surface area contributed by atoms with Gasteiger partial charge in [-0.15, -0.1) is 0 Å². The largest absolute Gasteiger partial charge is 0.371 e. The van der Waals surface area contributed by atoms with Crippen LogP contribution in [-0.2, 0) is 10.0 Å². The highest BCUT2D eigenvalue weighted by atomic mass is 32.2. The van der Waals surface area contributed by atoms with Crippen molar-refractivity contribution in [2.24, 2.45) is 0 Å². The van der Waals surface area contributed by atoms with Gasteiger partial charge in [0.05, 0.1) is 4.92 Å². The summed E-state index contributed by atoms with van der Waals surface area (Å²) < 4.78 is 27.2. The molecule has 0 aliphatic rings. The molecule has 7 nitrogen and oxygen atoms in total. The van der Waals surface area contributed by atoms with Crippen molar-refractivity contribution in [3.8, 4) is 0 Å². The molecule has 0 atom stereocenters. The van der Waals surface area contributed by atoms with Crippen LogP contribution in [0.2, 0.25) is 0 Å². The quantitative estimate of drug-likeness (QED) is 0.562. The predicted octanol–water partition coefficient (Wildman–Crippen LogP) is 2.95. The van der Waals surface area contributed by atoms with Crippen molar-refractivity contribution < 1.29 is 13.3 Å². The fourth-order valence-electron chi connectivity index (χ4n) is 1.48. The number of sulfonamides is 1. The third-order valence-corrected chi connectivity index (χ3v) is 6.24. The summed E-state index contributed by atoms with van der Waals surface area (Å²) in [6, 6.07) is 1.11. The van der Waals surface area contributed by atoms with Crippen LogP contribution in [-0.4, -0.2) is 25.4 Å². The van der Waals surface area contributed by atoms with Gasteiger partial charge in [0.1, 0.15) is 4.21 Å². The van der Waals surface area contributed by atoms with Gasteiger partial charge in [0.25, 0.3) is 10.0 Å². The second kappa shape index (κ2) is 6.71. The molecule has 9 heteroatoms. The molecule has 0 radical (unpaired) electrons. The Kier molecular flexibility index (Phi) is 5.71. The number of rotatable bonds is 8. The van der Waals surface area contributed by atoms with Crippen molar-refractivity contribution in [1.82, 2.24) is 4.72 Å². The molecule has 1 aromatic rings. The molecule has 21 heavy (non-hydrogen) atoms. The molecule has 0 amide bonds. The zero-order valence-corrected chi connectivity index (χ0v) is 14.2. The minimum absolute atomic E-state index is 0.0469. The van der Waals surface area contributed by atoms with Crippen LogP contribution in [0.1, 0.15) is 40.5 Å². The lowest BCUT2D eigenvalue weighted by Crippen LogP contribution is -2.42. The first kappa shape index (κ1) is 17.9. The van der Waals surface area contributed by atoms with Gasteiger partial charge >= 0.3 is 5.69 Å². The molecule has 0 aliphatic heterocycles. The van der Waals surface area contributed by atoms with Gasteiger partial charge in [-0.05, 0) is 26.7 Å². The Bertz CT molecular complexity index is 608. The highest BCUT2D eigenvalue weighted by Crippen LogP contribution is 2.37. The normalized spacial score (nSPS) is 12.4. The highest BCUT2D eigenvalue weighted by molar-refractivity contribution is 7.91. The lowest BCUT2D eigenvalue weighted by molar-refractivity contribution is -0.383. The monoisotopic (exact) mass is 335 g/mol. The summed E-state index contributed by atoms with van der Waals surface area (Å²) >= 11 is 0.883. The summed E-state index contributed by atoms with van der Waals surface area (Å²) in [6.45, 7) is 7.88. The van der Waals surface area contributed by atoms with E-state index in [9.17, 15) is 18.5 Å². The molecule has 0 saturated heterocycles. The van der Waals surface area contributed by atoms with Crippen molar-refractivity contribution in [3.63, 3.8) is 0 Å². The fraction of sp³-hybridized carbons (Fsp3) is 0.667. The van der Waals surface area contributed by atoms with E-state index in [1.54, 1.807) is 13.8 Å². The lowest BCUT2D eigenvalue weighted by atomic mass is 10.0. The number of thiophene rings is 1. The first-order chi connectivity index (χ1) is 9.63. The molecular weight excluding hydrogens is 314 g/mol. The van der Waals surface area contributed by atoms with E-state index in [-0.39, 0.29) is 14.9 Å². The van der Waals surface area contributed by atoms with E-state index < -0.39 is 20.5 Å². The van der Waals surface area contributed by atoms with E-state index in [4.69, 9.17) is 0 Å². The summed E-state index contributed by atoms with van der Waals surface area (Å²) in [4.78, 5) is 10.5. The Morgan fingerprint density at radius 1 is 1.38 bits per heavy atom. The minimum Gasteiger partial charge on any atom is -0.371 e. The van der Waals surface area contributed by atoms with Crippen LogP contribution in [0.25, 0.3) is 0 Å². The van der Waals surface area contributed by atoms with Crippen LogP contribution in [0.15, 0.2) is 10.3 Å². The Balaban J connectivity index is 3.16. The van der Waals surface area contributed by atoms with Gasteiger partial charge < -0.3 is 5.32 Å². The van der Waals surface area contributed by atoms with Gasteiger partial charge in [0, 0.05) is 18.2 Å². The van der Waals surface area contributed by atoms with Crippen molar-refractivity contribution >= 4 is 32.0 Å². The van der Waals surface area contributed by atoms with Crippen molar-refractivity contribution in [2.75, 3.05) is 11.9 Å². The summed E-state index contributed by atoms with van der Waals surface area (Å²) in [5.41, 5.74) is -0.808. The van der Waals surface area contributed by atoms with Crippen LogP contribution < -0.4 is 10.0 Å². The van der Waals surface area contributed by atoms with Gasteiger partial charge in [0.15, 0.2) is 5.00 Å². The maximum absolute atomic E-state index is 12.3. The molecule has 2 N–H and O–H groups in total. The summed E-state index contributed by atoms with van der Waals surface area (Å²) in [5.74, 6) is 0. The lowest BCUT2D eigenvalue weighted by Gasteiger charge is -2.23. The van der Waals surface area contributed by atoms with Crippen molar-refractivity contribution in [1.29, 1.82) is 0 Å². The van der Waals surface area contributed by atoms with E-state index in [1.807, 2.05) is 13.8 Å². The molecule has 1 rings (SSSR count). The average molecular weight is 335 g/mol. The highest BCUT2D eigenvalue weighted by Gasteiger charge is 2.30. The van der Waals surface area contributed by atoms with Crippen molar-refractivity contribution in [3.05, 3.63) is 16.2 Å². The topological polar surface area (TPSA) is 101 Å². The van der Waals surface area contributed by atoms with E-state index in [0.717, 1.165) is 23.8 Å². The number of nitrogens with zero attached hydrogens (tertiary/aromatic N) is 1. The molecular formula is C12H21N3O4S2. The van der Waals surface area contributed by atoms with E-state index in [0.29, 0.717) is 13.0 Å². The first-order valence-electron chi connectivity index (χ1n) is 6.69. The van der Waals surface area contributed by atoms with Gasteiger partial charge in [0.2, 0.25) is 0 Å². The summed E-state index contributed by atoms with van der Waals surface area (Å²) in [5, 5.41) is 14.2. The standard InChI is InChI=1S/C12H21N3O4S2/c1-5-7-13-11-9(15(16)17)8-10(20-11)21(18,19)14-12(3,4)6-2/h8,13-14H,5-7H2,1-4H3. The number of hydrogen-bond donors (Lipinski definition) is 2. The summed E-state index contributed by atoms with van der Waals surface area (Å²) in [7, 11) is -3.77. The molecule has 0 aromatic carbocycles. The molecule has 1 aromatic heterocycles. The Labute approximate surface area is 129 Å². The summed E-state index contributed by atoms with van der Waals surface area (Å²) in [6.07, 6.45) is 1.40. The van der Waals surface area contributed by atoms with Crippen LogP contribution in [0.5, 0.6) is 0 Å². The first-order valence-corrected chi connectivity index (χ1v) is 8.99. The number of anilines is 1. The minimum atomic E-state index is -3.77. The maximum Gasteiger partial charge on any atom is 0.304 e. The molecule has 0 saturated carbocycles. The molecule has 0 unspecified atom stereocenters.